The van der Waals surface area contributed by atoms with Crippen molar-refractivity contribution >= 4 is 5.91 Å². The largest absolute Gasteiger partial charge is 0.354 e. The zero-order valence-electron chi connectivity index (χ0n) is 10.3. The standard InChI is InChI=1S/C11H19N5O2/c12-9-2-5-16(6-3-9)7-10(17)13-4-1-11-14-8-15-18-11/h8-9H,1-7,12H2,(H,13,17). The highest BCUT2D eigenvalue weighted by Crippen LogP contribution is 2.07. The molecule has 1 aromatic heterocycles. The van der Waals surface area contributed by atoms with E-state index < -0.39 is 0 Å². The average Bonchev–Trinajstić information content (AvgIpc) is 2.85. The van der Waals surface area contributed by atoms with Gasteiger partial charge >= 0.3 is 0 Å². The van der Waals surface area contributed by atoms with Crippen LogP contribution >= 0.6 is 0 Å². The molecule has 1 saturated heterocycles. The van der Waals surface area contributed by atoms with Gasteiger partial charge in [0.15, 0.2) is 6.33 Å². The quantitative estimate of drug-likeness (QED) is 0.709. The van der Waals surface area contributed by atoms with Crippen LogP contribution in [0.1, 0.15) is 18.7 Å². The fourth-order valence-electron chi connectivity index (χ4n) is 1.99. The van der Waals surface area contributed by atoms with Crippen LogP contribution in [0.2, 0.25) is 0 Å². The third-order valence-corrected chi connectivity index (χ3v) is 3.07. The van der Waals surface area contributed by atoms with E-state index in [1.165, 1.54) is 6.33 Å². The summed E-state index contributed by atoms with van der Waals surface area (Å²) in [5.41, 5.74) is 5.81. The topological polar surface area (TPSA) is 97.3 Å². The second-order valence-corrected chi connectivity index (χ2v) is 4.55. The number of likely N-dealkylation sites (tertiary alicyclic amines) is 1. The molecule has 0 spiro atoms. The fraction of sp³-hybridized carbons (Fsp3) is 0.727. The van der Waals surface area contributed by atoms with Crippen LogP contribution in [-0.2, 0) is 11.2 Å². The second-order valence-electron chi connectivity index (χ2n) is 4.55. The monoisotopic (exact) mass is 253 g/mol. The molecule has 1 aliphatic heterocycles. The molecule has 1 amide bonds. The van der Waals surface area contributed by atoms with E-state index in [1.807, 2.05) is 0 Å². The number of hydrogen-bond acceptors (Lipinski definition) is 6. The van der Waals surface area contributed by atoms with Gasteiger partial charge in [0.1, 0.15) is 0 Å². The summed E-state index contributed by atoms with van der Waals surface area (Å²) in [6.45, 7) is 2.77. The minimum absolute atomic E-state index is 0.0324. The van der Waals surface area contributed by atoms with Crippen LogP contribution in [0.3, 0.4) is 0 Å². The summed E-state index contributed by atoms with van der Waals surface area (Å²) in [6.07, 6.45) is 3.86. The molecule has 0 aliphatic carbocycles. The molecule has 1 aliphatic rings. The number of piperidine rings is 1. The SMILES string of the molecule is NC1CCN(CC(=O)NCCc2ncno2)CC1. The van der Waals surface area contributed by atoms with Crippen LogP contribution < -0.4 is 11.1 Å². The van der Waals surface area contributed by atoms with Crippen molar-refractivity contribution in [3.05, 3.63) is 12.2 Å². The molecule has 2 rings (SSSR count). The van der Waals surface area contributed by atoms with Gasteiger partial charge in [-0.2, -0.15) is 4.98 Å². The summed E-state index contributed by atoms with van der Waals surface area (Å²) < 4.78 is 4.84. The summed E-state index contributed by atoms with van der Waals surface area (Å²) in [7, 11) is 0. The first-order valence-electron chi connectivity index (χ1n) is 6.24. The number of hydrogen-bond donors (Lipinski definition) is 2. The molecule has 18 heavy (non-hydrogen) atoms. The molecule has 7 nitrogen and oxygen atoms in total. The van der Waals surface area contributed by atoms with E-state index >= 15 is 0 Å². The first kappa shape index (κ1) is 13.0. The molecule has 7 heteroatoms. The molecular formula is C11H19N5O2. The maximum atomic E-state index is 11.7. The highest BCUT2D eigenvalue weighted by Gasteiger charge is 2.17. The Kier molecular flexibility index (Phi) is 4.66. The minimum Gasteiger partial charge on any atom is -0.354 e. The van der Waals surface area contributed by atoms with Crippen molar-refractivity contribution in [3.63, 3.8) is 0 Å². The van der Waals surface area contributed by atoms with Gasteiger partial charge in [0.25, 0.3) is 0 Å². The summed E-state index contributed by atoms with van der Waals surface area (Å²) in [6, 6.07) is 0.293. The number of aromatic nitrogens is 2. The number of rotatable bonds is 5. The van der Waals surface area contributed by atoms with Crippen molar-refractivity contribution in [2.24, 2.45) is 5.73 Å². The normalized spacial score (nSPS) is 17.8. The molecule has 0 unspecified atom stereocenters. The van der Waals surface area contributed by atoms with Gasteiger partial charge in [0, 0.05) is 32.1 Å². The molecule has 0 saturated carbocycles. The maximum absolute atomic E-state index is 11.7. The van der Waals surface area contributed by atoms with Gasteiger partial charge in [-0.3, -0.25) is 9.69 Å². The van der Waals surface area contributed by atoms with Crippen LogP contribution in [0.5, 0.6) is 0 Å². The number of nitrogens with zero attached hydrogens (tertiary/aromatic N) is 3. The Labute approximate surface area is 106 Å². The van der Waals surface area contributed by atoms with Crippen molar-refractivity contribution in [1.82, 2.24) is 20.4 Å². The van der Waals surface area contributed by atoms with E-state index in [1.54, 1.807) is 0 Å². The van der Waals surface area contributed by atoms with Crippen LogP contribution in [-0.4, -0.2) is 53.2 Å². The first-order chi connectivity index (χ1) is 8.74. The third kappa shape index (κ3) is 4.08. The van der Waals surface area contributed by atoms with Crippen molar-refractivity contribution in [2.45, 2.75) is 25.3 Å². The van der Waals surface area contributed by atoms with E-state index in [0.717, 1.165) is 25.9 Å². The zero-order valence-corrected chi connectivity index (χ0v) is 10.3. The molecule has 0 radical (unpaired) electrons. The lowest BCUT2D eigenvalue weighted by molar-refractivity contribution is -0.122. The van der Waals surface area contributed by atoms with Gasteiger partial charge in [-0.25, -0.2) is 0 Å². The van der Waals surface area contributed by atoms with Gasteiger partial charge in [-0.1, -0.05) is 5.16 Å². The van der Waals surface area contributed by atoms with Gasteiger partial charge in [0.2, 0.25) is 11.8 Å². The molecule has 2 heterocycles. The lowest BCUT2D eigenvalue weighted by Crippen LogP contribution is -2.44. The molecule has 3 N–H and O–H groups in total. The summed E-state index contributed by atoms with van der Waals surface area (Å²) in [5, 5.41) is 6.34. The Balaban J connectivity index is 1.60. The first-order valence-corrected chi connectivity index (χ1v) is 6.24. The van der Waals surface area contributed by atoms with Gasteiger partial charge in [-0.15, -0.1) is 0 Å². The number of carbonyl (C=O) groups is 1. The molecule has 1 fully saturated rings. The maximum Gasteiger partial charge on any atom is 0.234 e. The average molecular weight is 253 g/mol. The molecule has 0 bridgehead atoms. The zero-order chi connectivity index (χ0) is 12.8. The molecule has 1 aromatic rings. The summed E-state index contributed by atoms with van der Waals surface area (Å²) >= 11 is 0. The highest BCUT2D eigenvalue weighted by molar-refractivity contribution is 5.78. The van der Waals surface area contributed by atoms with E-state index in [0.29, 0.717) is 31.4 Å². The lowest BCUT2D eigenvalue weighted by atomic mass is 10.1. The summed E-state index contributed by atoms with van der Waals surface area (Å²) in [5.74, 6) is 0.573. The third-order valence-electron chi connectivity index (χ3n) is 3.07. The Hall–Kier alpha value is -1.47. The van der Waals surface area contributed by atoms with E-state index in [4.69, 9.17) is 10.3 Å². The Morgan fingerprint density at radius 3 is 3.00 bits per heavy atom. The van der Waals surface area contributed by atoms with Crippen LogP contribution in [0.25, 0.3) is 0 Å². The predicted molar refractivity (Wildman–Crippen MR) is 64.7 cm³/mol. The fourth-order valence-corrected chi connectivity index (χ4v) is 1.99. The van der Waals surface area contributed by atoms with E-state index in [2.05, 4.69) is 20.4 Å². The predicted octanol–water partition coefficient (Wildman–Crippen LogP) is -0.849. The van der Waals surface area contributed by atoms with Crippen molar-refractivity contribution in [1.29, 1.82) is 0 Å². The van der Waals surface area contributed by atoms with Gasteiger partial charge < -0.3 is 15.6 Å². The summed E-state index contributed by atoms with van der Waals surface area (Å²) in [4.78, 5) is 17.7. The van der Waals surface area contributed by atoms with Gasteiger partial charge in [-0.05, 0) is 12.8 Å². The van der Waals surface area contributed by atoms with Crippen LogP contribution in [0, 0.1) is 0 Å². The van der Waals surface area contributed by atoms with Crippen molar-refractivity contribution in [2.75, 3.05) is 26.2 Å². The van der Waals surface area contributed by atoms with Crippen molar-refractivity contribution < 1.29 is 9.32 Å². The van der Waals surface area contributed by atoms with Crippen LogP contribution in [0.15, 0.2) is 10.9 Å². The highest BCUT2D eigenvalue weighted by atomic mass is 16.5. The van der Waals surface area contributed by atoms with E-state index in [-0.39, 0.29) is 5.91 Å². The van der Waals surface area contributed by atoms with E-state index in [9.17, 15) is 4.79 Å². The number of amides is 1. The number of carbonyl (C=O) groups excluding carboxylic acids is 1. The van der Waals surface area contributed by atoms with Crippen LogP contribution in [0.4, 0.5) is 0 Å². The Bertz CT molecular complexity index is 360. The minimum atomic E-state index is 0.0324. The number of nitrogens with two attached hydrogens (primary N) is 1. The Morgan fingerprint density at radius 2 is 2.33 bits per heavy atom. The van der Waals surface area contributed by atoms with Gasteiger partial charge in [0.05, 0.1) is 6.54 Å². The lowest BCUT2D eigenvalue weighted by Gasteiger charge is -2.29. The number of nitrogens with one attached hydrogen (secondary N) is 1. The Morgan fingerprint density at radius 1 is 1.56 bits per heavy atom. The second kappa shape index (κ2) is 6.46. The molecule has 0 atom stereocenters. The smallest absolute Gasteiger partial charge is 0.234 e. The van der Waals surface area contributed by atoms with Crippen molar-refractivity contribution in [3.8, 4) is 0 Å². The molecular weight excluding hydrogens is 234 g/mol. The molecule has 100 valence electrons. The molecule has 0 aromatic carbocycles.